The van der Waals surface area contributed by atoms with Crippen molar-refractivity contribution in [1.82, 2.24) is 4.90 Å². The van der Waals surface area contributed by atoms with E-state index in [1.165, 1.54) is 17.5 Å². The lowest BCUT2D eigenvalue weighted by Crippen LogP contribution is -2.59. The fourth-order valence-electron chi connectivity index (χ4n) is 3.57. The van der Waals surface area contributed by atoms with E-state index < -0.39 is 0 Å². The van der Waals surface area contributed by atoms with E-state index in [1.807, 2.05) is 0 Å². The summed E-state index contributed by atoms with van der Waals surface area (Å²) >= 11 is 0. The van der Waals surface area contributed by atoms with Gasteiger partial charge in [-0.2, -0.15) is 0 Å². The van der Waals surface area contributed by atoms with E-state index in [4.69, 9.17) is 5.73 Å². The lowest BCUT2D eigenvalue weighted by Gasteiger charge is -2.48. The summed E-state index contributed by atoms with van der Waals surface area (Å²) in [6.07, 6.45) is 3.45. The molecular weight excluding hydrogens is 220 g/mol. The van der Waals surface area contributed by atoms with Gasteiger partial charge in [-0.25, -0.2) is 0 Å². The van der Waals surface area contributed by atoms with Crippen molar-refractivity contribution in [1.29, 1.82) is 0 Å². The van der Waals surface area contributed by atoms with Crippen molar-refractivity contribution in [2.24, 2.45) is 5.73 Å². The van der Waals surface area contributed by atoms with E-state index >= 15 is 0 Å². The number of aryl methyl sites for hydroxylation is 1. The Morgan fingerprint density at radius 1 is 1.28 bits per heavy atom. The zero-order chi connectivity index (χ0) is 13.2. The van der Waals surface area contributed by atoms with Gasteiger partial charge in [-0.15, -0.1) is 0 Å². The van der Waals surface area contributed by atoms with Crippen molar-refractivity contribution in [2.45, 2.75) is 51.6 Å². The number of hydrogen-bond donors (Lipinski definition) is 1. The second kappa shape index (κ2) is 5.41. The van der Waals surface area contributed by atoms with Crippen molar-refractivity contribution in [3.8, 4) is 0 Å². The predicted molar refractivity (Wildman–Crippen MR) is 77.8 cm³/mol. The van der Waals surface area contributed by atoms with Crippen LogP contribution in [0.4, 0.5) is 0 Å². The van der Waals surface area contributed by atoms with E-state index in [1.54, 1.807) is 0 Å². The highest BCUT2D eigenvalue weighted by atomic mass is 15.2. The summed E-state index contributed by atoms with van der Waals surface area (Å²) in [6, 6.07) is 9.39. The molecule has 0 saturated carbocycles. The monoisotopic (exact) mass is 246 g/mol. The SMILES string of the molecule is CCN(C(C)C)C1(CN)CCc2ccccc2C1. The largest absolute Gasteiger partial charge is 0.329 e. The number of benzene rings is 1. The molecule has 1 atom stereocenters. The second-order valence-electron chi connectivity index (χ2n) is 5.75. The lowest BCUT2D eigenvalue weighted by molar-refractivity contribution is 0.0546. The van der Waals surface area contributed by atoms with Crippen LogP contribution in [0.15, 0.2) is 24.3 Å². The van der Waals surface area contributed by atoms with Crippen molar-refractivity contribution in [2.75, 3.05) is 13.1 Å². The normalized spacial score (nSPS) is 23.4. The highest BCUT2D eigenvalue weighted by Gasteiger charge is 2.38. The number of hydrogen-bond acceptors (Lipinski definition) is 2. The van der Waals surface area contributed by atoms with Crippen LogP contribution < -0.4 is 5.73 Å². The Balaban J connectivity index is 2.31. The first-order valence-corrected chi connectivity index (χ1v) is 7.16. The van der Waals surface area contributed by atoms with Gasteiger partial charge in [0.2, 0.25) is 0 Å². The molecule has 1 aliphatic carbocycles. The average Bonchev–Trinajstić information content (AvgIpc) is 2.39. The minimum absolute atomic E-state index is 0.164. The molecule has 0 radical (unpaired) electrons. The first-order valence-electron chi connectivity index (χ1n) is 7.16. The molecule has 0 bridgehead atoms. The number of likely N-dealkylation sites (N-methyl/N-ethyl adjacent to an activating group) is 1. The molecule has 0 amide bonds. The molecule has 2 rings (SSSR count). The zero-order valence-electron chi connectivity index (χ0n) is 11.9. The summed E-state index contributed by atoms with van der Waals surface area (Å²) < 4.78 is 0. The summed E-state index contributed by atoms with van der Waals surface area (Å²) in [5, 5.41) is 0. The highest BCUT2D eigenvalue weighted by Crippen LogP contribution is 2.33. The van der Waals surface area contributed by atoms with E-state index in [0.29, 0.717) is 6.04 Å². The zero-order valence-corrected chi connectivity index (χ0v) is 11.9. The molecule has 100 valence electrons. The smallest absolute Gasteiger partial charge is 0.0377 e. The van der Waals surface area contributed by atoms with Gasteiger partial charge in [-0.05, 0) is 50.8 Å². The van der Waals surface area contributed by atoms with Crippen molar-refractivity contribution in [3.63, 3.8) is 0 Å². The van der Waals surface area contributed by atoms with E-state index in [9.17, 15) is 0 Å². The van der Waals surface area contributed by atoms with Crippen molar-refractivity contribution >= 4 is 0 Å². The summed E-state index contributed by atoms with van der Waals surface area (Å²) in [4.78, 5) is 2.59. The quantitative estimate of drug-likeness (QED) is 0.885. The Bertz CT molecular complexity index is 400. The van der Waals surface area contributed by atoms with E-state index in [-0.39, 0.29) is 5.54 Å². The third-order valence-corrected chi connectivity index (χ3v) is 4.45. The van der Waals surface area contributed by atoms with Crippen LogP contribution in [-0.2, 0) is 12.8 Å². The van der Waals surface area contributed by atoms with Gasteiger partial charge in [0.15, 0.2) is 0 Å². The van der Waals surface area contributed by atoms with Crippen molar-refractivity contribution < 1.29 is 0 Å². The molecule has 0 heterocycles. The predicted octanol–water partition coefficient (Wildman–Crippen LogP) is 2.60. The fraction of sp³-hybridized carbons (Fsp3) is 0.625. The van der Waals surface area contributed by atoms with Gasteiger partial charge in [0, 0.05) is 18.1 Å². The summed E-state index contributed by atoms with van der Waals surface area (Å²) in [7, 11) is 0. The Labute approximate surface area is 111 Å². The molecule has 0 aromatic heterocycles. The average molecular weight is 246 g/mol. The molecule has 0 fully saturated rings. The maximum absolute atomic E-state index is 6.17. The number of rotatable bonds is 4. The second-order valence-corrected chi connectivity index (χ2v) is 5.75. The maximum Gasteiger partial charge on any atom is 0.0377 e. The molecule has 1 aromatic carbocycles. The third-order valence-electron chi connectivity index (χ3n) is 4.45. The maximum atomic E-state index is 6.17. The van der Waals surface area contributed by atoms with Gasteiger partial charge in [-0.1, -0.05) is 31.2 Å². The molecule has 0 spiro atoms. The number of nitrogens with zero attached hydrogens (tertiary/aromatic N) is 1. The summed E-state index contributed by atoms with van der Waals surface area (Å²) in [5.41, 5.74) is 9.34. The fourth-order valence-corrected chi connectivity index (χ4v) is 3.57. The standard InChI is InChI=1S/C16H26N2/c1-4-18(13(2)3)16(12-17)10-9-14-7-5-6-8-15(14)11-16/h5-8,13H,4,9-12,17H2,1-3H3. The molecular formula is C16H26N2. The molecule has 2 N–H and O–H groups in total. The van der Waals surface area contributed by atoms with E-state index in [2.05, 4.69) is 49.9 Å². The van der Waals surface area contributed by atoms with Gasteiger partial charge < -0.3 is 5.73 Å². The molecule has 2 nitrogen and oxygen atoms in total. The molecule has 2 heteroatoms. The first kappa shape index (κ1) is 13.6. The van der Waals surface area contributed by atoms with Crippen LogP contribution in [0.5, 0.6) is 0 Å². The molecule has 1 aromatic rings. The van der Waals surface area contributed by atoms with Gasteiger partial charge in [0.1, 0.15) is 0 Å². The topological polar surface area (TPSA) is 29.3 Å². The number of fused-ring (bicyclic) bond motifs is 1. The van der Waals surface area contributed by atoms with Crippen LogP contribution >= 0.6 is 0 Å². The lowest BCUT2D eigenvalue weighted by atomic mass is 9.76. The minimum Gasteiger partial charge on any atom is -0.329 e. The minimum atomic E-state index is 0.164. The Kier molecular flexibility index (Phi) is 4.08. The first-order chi connectivity index (χ1) is 8.63. The molecule has 0 saturated heterocycles. The Morgan fingerprint density at radius 2 is 1.94 bits per heavy atom. The Hall–Kier alpha value is -0.860. The molecule has 18 heavy (non-hydrogen) atoms. The van der Waals surface area contributed by atoms with Crippen LogP contribution in [0.25, 0.3) is 0 Å². The van der Waals surface area contributed by atoms with E-state index in [0.717, 1.165) is 25.9 Å². The molecule has 0 aliphatic heterocycles. The Morgan fingerprint density at radius 3 is 2.50 bits per heavy atom. The summed E-state index contributed by atoms with van der Waals surface area (Å²) in [6.45, 7) is 8.64. The van der Waals surface area contributed by atoms with Gasteiger partial charge in [0.05, 0.1) is 0 Å². The van der Waals surface area contributed by atoms with Gasteiger partial charge in [0.25, 0.3) is 0 Å². The molecule has 1 unspecified atom stereocenters. The third kappa shape index (κ3) is 2.32. The number of nitrogens with two attached hydrogens (primary N) is 1. The van der Waals surface area contributed by atoms with Gasteiger partial charge >= 0.3 is 0 Å². The van der Waals surface area contributed by atoms with Gasteiger partial charge in [-0.3, -0.25) is 4.90 Å². The van der Waals surface area contributed by atoms with Crippen LogP contribution in [0.3, 0.4) is 0 Å². The van der Waals surface area contributed by atoms with Crippen molar-refractivity contribution in [3.05, 3.63) is 35.4 Å². The van der Waals surface area contributed by atoms with Crippen LogP contribution in [0.1, 0.15) is 38.3 Å². The summed E-state index contributed by atoms with van der Waals surface area (Å²) in [5.74, 6) is 0. The van der Waals surface area contributed by atoms with Crippen LogP contribution in [-0.4, -0.2) is 29.6 Å². The van der Waals surface area contributed by atoms with Crippen LogP contribution in [0.2, 0.25) is 0 Å². The highest BCUT2D eigenvalue weighted by molar-refractivity contribution is 5.32. The molecule has 1 aliphatic rings. The van der Waals surface area contributed by atoms with Crippen LogP contribution in [0, 0.1) is 0 Å².